The second kappa shape index (κ2) is 5.66. The summed E-state index contributed by atoms with van der Waals surface area (Å²) in [4.78, 5) is 49.0. The Labute approximate surface area is 150 Å². The van der Waals surface area contributed by atoms with E-state index in [-0.39, 0.29) is 33.4 Å². The van der Waals surface area contributed by atoms with Crippen LogP contribution in [0.3, 0.4) is 0 Å². The molecule has 2 aromatic heterocycles. The highest BCUT2D eigenvalue weighted by molar-refractivity contribution is 5.82. The number of nitrogens with zero attached hydrogens (tertiary/aromatic N) is 4. The average Bonchev–Trinajstić information content (AvgIpc) is 3.44. The minimum absolute atomic E-state index is 0.0977. The Morgan fingerprint density at radius 2 is 1.85 bits per heavy atom. The number of aromatic nitrogens is 3. The van der Waals surface area contributed by atoms with Crippen molar-refractivity contribution in [3.05, 3.63) is 66.4 Å². The van der Waals surface area contributed by atoms with Crippen LogP contribution in [0.4, 0.5) is 5.69 Å². The van der Waals surface area contributed by atoms with Crippen molar-refractivity contribution in [1.29, 1.82) is 0 Å². The zero-order valence-corrected chi connectivity index (χ0v) is 14.2. The molecule has 1 fully saturated rings. The van der Waals surface area contributed by atoms with Crippen molar-refractivity contribution in [2.75, 3.05) is 0 Å². The maximum absolute atomic E-state index is 13.1. The van der Waals surface area contributed by atoms with Crippen LogP contribution < -0.4 is 16.8 Å². The number of hydrogen-bond donors (Lipinski definition) is 2. The molecule has 1 aromatic carbocycles. The van der Waals surface area contributed by atoms with E-state index in [9.17, 15) is 24.4 Å². The van der Waals surface area contributed by atoms with E-state index in [0.717, 1.165) is 19.8 Å². The molecule has 1 saturated carbocycles. The molecule has 0 spiro atoms. The van der Waals surface area contributed by atoms with Crippen LogP contribution in [0, 0.1) is 4.91 Å². The van der Waals surface area contributed by atoms with Gasteiger partial charge in [0, 0.05) is 31.3 Å². The van der Waals surface area contributed by atoms with Crippen molar-refractivity contribution in [2.45, 2.75) is 18.9 Å². The third-order valence-corrected chi connectivity index (χ3v) is 4.65. The minimum atomic E-state index is -0.692. The molecule has 138 valence electrons. The van der Waals surface area contributed by atoms with Crippen LogP contribution in [0.15, 0.2) is 44.7 Å². The average molecular weight is 371 g/mol. The molecule has 0 saturated heterocycles. The van der Waals surface area contributed by atoms with Gasteiger partial charge in [0.1, 0.15) is 16.8 Å². The summed E-state index contributed by atoms with van der Waals surface area (Å²) in [5.41, 5.74) is -2.05. The van der Waals surface area contributed by atoms with Crippen LogP contribution in [-0.4, -0.2) is 28.9 Å². The van der Waals surface area contributed by atoms with Gasteiger partial charge in [0.05, 0.1) is 10.6 Å². The van der Waals surface area contributed by atoms with E-state index in [2.05, 4.69) is 0 Å². The number of aryl methyl sites for hydroxylation is 1. The van der Waals surface area contributed by atoms with Crippen molar-refractivity contribution in [3.8, 4) is 11.4 Å². The molecule has 1 aliphatic rings. The third kappa shape index (κ3) is 2.45. The second-order valence-corrected chi connectivity index (χ2v) is 6.44. The maximum atomic E-state index is 13.1. The Bertz CT molecular complexity index is 1300. The Kier molecular flexibility index (Phi) is 3.51. The van der Waals surface area contributed by atoms with Gasteiger partial charge < -0.3 is 5.11 Å². The van der Waals surface area contributed by atoms with Gasteiger partial charge >= 0.3 is 11.4 Å². The van der Waals surface area contributed by atoms with Crippen molar-refractivity contribution in [1.82, 2.24) is 13.7 Å². The standard InChI is InChI=1S/C17H14N4O6/c1-18-13(23)8-12(22)14-15(18)19(10-3-2-4-11(7-10)21(26)27)17(25)20(16(14)24)9-5-6-9/h2-4,7-9H,5-6H2,1H3,(H-,22,23,26,27)/p+1. The number of benzene rings is 1. The summed E-state index contributed by atoms with van der Waals surface area (Å²) < 4.78 is 3.21. The first-order valence-corrected chi connectivity index (χ1v) is 8.18. The molecule has 0 radical (unpaired) electrons. The highest BCUT2D eigenvalue weighted by atomic mass is 16.6. The molecule has 1 aliphatic carbocycles. The fraction of sp³-hybridized carbons (Fsp3) is 0.235. The van der Waals surface area contributed by atoms with Gasteiger partial charge in [-0.2, -0.15) is 0 Å². The van der Waals surface area contributed by atoms with E-state index in [0.29, 0.717) is 12.8 Å². The molecule has 0 aliphatic heterocycles. The molecule has 0 atom stereocenters. The smallest absolute Gasteiger partial charge is 0.337 e. The van der Waals surface area contributed by atoms with Gasteiger partial charge in [-0.1, -0.05) is 6.07 Å². The Balaban J connectivity index is 2.25. The molecule has 10 nitrogen and oxygen atoms in total. The lowest BCUT2D eigenvalue weighted by Crippen LogP contribution is -2.41. The molecule has 3 aromatic rings. The Morgan fingerprint density at radius 1 is 1.15 bits per heavy atom. The fourth-order valence-electron chi connectivity index (χ4n) is 3.18. The molecule has 4 rings (SSSR count). The van der Waals surface area contributed by atoms with Crippen LogP contribution in [0.1, 0.15) is 18.9 Å². The molecule has 2 heterocycles. The monoisotopic (exact) mass is 371 g/mol. The zero-order valence-electron chi connectivity index (χ0n) is 14.2. The van der Waals surface area contributed by atoms with Crippen molar-refractivity contribution < 1.29 is 15.2 Å². The summed E-state index contributed by atoms with van der Waals surface area (Å²) in [5.74, 6) is -0.523. The van der Waals surface area contributed by atoms with Gasteiger partial charge in [0.25, 0.3) is 16.0 Å². The van der Waals surface area contributed by atoms with Gasteiger partial charge in [-0.25, -0.2) is 14.6 Å². The van der Waals surface area contributed by atoms with Crippen LogP contribution >= 0.6 is 0 Å². The fourth-order valence-corrected chi connectivity index (χ4v) is 3.18. The van der Waals surface area contributed by atoms with Crippen LogP contribution in [-0.2, 0) is 7.05 Å². The van der Waals surface area contributed by atoms with E-state index in [4.69, 9.17) is 5.21 Å². The molecule has 10 heteroatoms. The first kappa shape index (κ1) is 16.8. The van der Waals surface area contributed by atoms with Gasteiger partial charge in [-0.05, 0) is 18.9 Å². The topological polar surface area (TPSA) is 127 Å². The molecular formula is C17H15N4O6+. The third-order valence-electron chi connectivity index (χ3n) is 4.65. The Morgan fingerprint density at radius 3 is 2.48 bits per heavy atom. The van der Waals surface area contributed by atoms with Crippen LogP contribution in [0.5, 0.6) is 5.75 Å². The predicted octanol–water partition coefficient (Wildman–Crippen LogP) is 0.691. The highest BCUT2D eigenvalue weighted by Crippen LogP contribution is 2.33. The summed E-state index contributed by atoms with van der Waals surface area (Å²) in [7, 11) is 1.37. The van der Waals surface area contributed by atoms with E-state index < -0.39 is 22.6 Å². The first-order valence-electron chi connectivity index (χ1n) is 8.18. The molecule has 0 unspecified atom stereocenters. The lowest BCUT2D eigenvalue weighted by molar-refractivity contribution is -0.729. The normalized spacial score (nSPS) is 13.8. The molecule has 2 N–H and O–H groups in total. The minimum Gasteiger partial charge on any atom is -0.507 e. The number of fused-ring (bicyclic) bond motifs is 1. The summed E-state index contributed by atoms with van der Waals surface area (Å²) in [5, 5.41) is 19.2. The van der Waals surface area contributed by atoms with Crippen molar-refractivity contribution in [2.24, 2.45) is 7.05 Å². The first-order chi connectivity index (χ1) is 12.8. The quantitative estimate of drug-likeness (QED) is 0.652. The SMILES string of the molecule is Cn1c(=O)cc(O)c2c(=O)n(C3CC3)c(=O)n(-c3cccc([N+](=O)O)c3)c21. The van der Waals surface area contributed by atoms with E-state index in [1.165, 1.54) is 31.3 Å². The van der Waals surface area contributed by atoms with E-state index in [1.807, 2.05) is 0 Å². The molecular weight excluding hydrogens is 356 g/mol. The molecule has 0 amide bonds. The van der Waals surface area contributed by atoms with Crippen LogP contribution in [0.25, 0.3) is 16.7 Å². The number of hydrogen-bond acceptors (Lipinski definition) is 5. The Hall–Kier alpha value is -3.69. The maximum Gasteiger partial charge on any atom is 0.337 e. The van der Waals surface area contributed by atoms with Crippen molar-refractivity contribution >= 4 is 16.7 Å². The number of aromatic hydroxyl groups is 1. The largest absolute Gasteiger partial charge is 0.507 e. The van der Waals surface area contributed by atoms with E-state index in [1.54, 1.807) is 0 Å². The molecule has 27 heavy (non-hydrogen) atoms. The zero-order chi connectivity index (χ0) is 19.5. The number of pyridine rings is 1. The summed E-state index contributed by atoms with van der Waals surface area (Å²) in [6.45, 7) is 0. The van der Waals surface area contributed by atoms with Gasteiger partial charge in [-0.3, -0.25) is 18.7 Å². The van der Waals surface area contributed by atoms with Gasteiger partial charge in [0.15, 0.2) is 0 Å². The lowest BCUT2D eigenvalue weighted by Gasteiger charge is -2.16. The van der Waals surface area contributed by atoms with Crippen LogP contribution in [0.2, 0.25) is 0 Å². The second-order valence-electron chi connectivity index (χ2n) is 6.44. The number of rotatable bonds is 3. The van der Waals surface area contributed by atoms with E-state index >= 15 is 0 Å². The summed E-state index contributed by atoms with van der Waals surface area (Å²) in [6, 6.07) is 6.14. The summed E-state index contributed by atoms with van der Waals surface area (Å²) >= 11 is 0. The highest BCUT2D eigenvalue weighted by Gasteiger charge is 2.31. The summed E-state index contributed by atoms with van der Waals surface area (Å²) in [6.07, 6.45) is 1.30. The predicted molar refractivity (Wildman–Crippen MR) is 94.1 cm³/mol. The molecule has 0 bridgehead atoms. The van der Waals surface area contributed by atoms with Crippen molar-refractivity contribution in [3.63, 3.8) is 0 Å². The van der Waals surface area contributed by atoms with Gasteiger partial charge in [-0.15, -0.1) is 0 Å². The lowest BCUT2D eigenvalue weighted by atomic mass is 10.2. The van der Waals surface area contributed by atoms with Gasteiger partial charge in [0.2, 0.25) is 0 Å².